The molecule has 2 heterocycles. The van der Waals surface area contributed by atoms with E-state index in [2.05, 4.69) is 10.1 Å². The van der Waals surface area contributed by atoms with Crippen LogP contribution in [0.15, 0.2) is 54.9 Å². The highest BCUT2D eigenvalue weighted by Crippen LogP contribution is 2.30. The molecule has 4 nitrogen and oxygen atoms in total. The van der Waals surface area contributed by atoms with E-state index in [4.69, 9.17) is 5.11 Å². The summed E-state index contributed by atoms with van der Waals surface area (Å²) in [5.74, 6) is 0. The van der Waals surface area contributed by atoms with Crippen LogP contribution in [-0.4, -0.2) is 26.5 Å². The molecule has 124 valence electrons. The standard InChI is InChI=1S/C17H14F3N3O/c18-17(19,20)14-4-5-15(21-11-14)12-2-1-3-13(10-12)16-6-7-23(22-16)8-9-24/h1-7,10-11,24H,8-9H2. The van der Waals surface area contributed by atoms with Crippen LogP contribution in [0.4, 0.5) is 13.2 Å². The van der Waals surface area contributed by atoms with Crippen LogP contribution < -0.4 is 0 Å². The average molecular weight is 333 g/mol. The lowest BCUT2D eigenvalue weighted by atomic mass is 10.1. The number of aromatic nitrogens is 3. The van der Waals surface area contributed by atoms with E-state index < -0.39 is 11.7 Å². The summed E-state index contributed by atoms with van der Waals surface area (Å²) in [6, 6.07) is 11.4. The third-order valence-corrected chi connectivity index (χ3v) is 3.51. The minimum atomic E-state index is -4.40. The van der Waals surface area contributed by atoms with Gasteiger partial charge in [-0.3, -0.25) is 9.67 Å². The highest BCUT2D eigenvalue weighted by Gasteiger charge is 2.30. The number of pyridine rings is 1. The van der Waals surface area contributed by atoms with Crippen molar-refractivity contribution >= 4 is 0 Å². The maximum atomic E-state index is 12.6. The SMILES string of the molecule is OCCn1ccc(-c2cccc(-c3ccc(C(F)(F)F)cn3)c2)n1. The maximum Gasteiger partial charge on any atom is 0.417 e. The number of aliphatic hydroxyl groups is 1. The summed E-state index contributed by atoms with van der Waals surface area (Å²) in [5.41, 5.74) is 1.94. The van der Waals surface area contributed by atoms with Gasteiger partial charge in [-0.15, -0.1) is 0 Å². The van der Waals surface area contributed by atoms with Gasteiger partial charge in [-0.25, -0.2) is 0 Å². The average Bonchev–Trinajstić information content (AvgIpc) is 3.03. The van der Waals surface area contributed by atoms with E-state index in [1.165, 1.54) is 6.07 Å². The van der Waals surface area contributed by atoms with Crippen LogP contribution in [0.25, 0.3) is 22.5 Å². The summed E-state index contributed by atoms with van der Waals surface area (Å²) in [7, 11) is 0. The van der Waals surface area contributed by atoms with Crippen molar-refractivity contribution < 1.29 is 18.3 Å². The minimum Gasteiger partial charge on any atom is -0.394 e. The van der Waals surface area contributed by atoms with Crippen molar-refractivity contribution in [3.8, 4) is 22.5 Å². The van der Waals surface area contributed by atoms with E-state index in [9.17, 15) is 13.2 Å². The summed E-state index contributed by atoms with van der Waals surface area (Å²) < 4.78 is 39.4. The largest absolute Gasteiger partial charge is 0.417 e. The van der Waals surface area contributed by atoms with E-state index in [1.807, 2.05) is 18.2 Å². The topological polar surface area (TPSA) is 50.9 Å². The molecule has 0 aliphatic rings. The lowest BCUT2D eigenvalue weighted by Crippen LogP contribution is -2.05. The first-order valence-electron chi connectivity index (χ1n) is 7.26. The molecule has 0 spiro atoms. The zero-order chi connectivity index (χ0) is 17.2. The Kier molecular flexibility index (Phi) is 4.35. The molecule has 0 aliphatic carbocycles. The van der Waals surface area contributed by atoms with Crippen LogP contribution in [0, 0.1) is 0 Å². The van der Waals surface area contributed by atoms with Gasteiger partial charge in [-0.05, 0) is 24.3 Å². The second kappa shape index (κ2) is 6.45. The predicted octanol–water partition coefficient (Wildman–Crippen LogP) is 3.62. The third-order valence-electron chi connectivity index (χ3n) is 3.51. The van der Waals surface area contributed by atoms with Gasteiger partial charge in [0.1, 0.15) is 0 Å². The molecule has 0 bridgehead atoms. The van der Waals surface area contributed by atoms with Crippen LogP contribution >= 0.6 is 0 Å². The number of hydrogen-bond donors (Lipinski definition) is 1. The normalized spacial score (nSPS) is 11.7. The van der Waals surface area contributed by atoms with E-state index in [-0.39, 0.29) is 6.61 Å². The highest BCUT2D eigenvalue weighted by atomic mass is 19.4. The van der Waals surface area contributed by atoms with Crippen LogP contribution in [-0.2, 0) is 12.7 Å². The lowest BCUT2D eigenvalue weighted by molar-refractivity contribution is -0.137. The second-order valence-corrected chi connectivity index (χ2v) is 5.20. The Morgan fingerprint density at radius 3 is 2.38 bits per heavy atom. The number of halogens is 3. The Morgan fingerprint density at radius 1 is 1.00 bits per heavy atom. The second-order valence-electron chi connectivity index (χ2n) is 5.20. The van der Waals surface area contributed by atoms with Gasteiger partial charge < -0.3 is 5.11 Å². The van der Waals surface area contributed by atoms with Crippen molar-refractivity contribution in [3.05, 3.63) is 60.4 Å². The molecule has 0 saturated heterocycles. The molecule has 0 saturated carbocycles. The number of hydrogen-bond acceptors (Lipinski definition) is 3. The predicted molar refractivity (Wildman–Crippen MR) is 83.0 cm³/mol. The summed E-state index contributed by atoms with van der Waals surface area (Å²) in [4.78, 5) is 3.91. The van der Waals surface area contributed by atoms with E-state index in [0.717, 1.165) is 23.5 Å². The smallest absolute Gasteiger partial charge is 0.394 e. The number of nitrogens with zero attached hydrogens (tertiary/aromatic N) is 3. The van der Waals surface area contributed by atoms with Crippen molar-refractivity contribution in [3.63, 3.8) is 0 Å². The monoisotopic (exact) mass is 333 g/mol. The zero-order valence-electron chi connectivity index (χ0n) is 12.5. The maximum absolute atomic E-state index is 12.6. The van der Waals surface area contributed by atoms with E-state index in [1.54, 1.807) is 23.0 Å². The molecule has 0 atom stereocenters. The van der Waals surface area contributed by atoms with Crippen molar-refractivity contribution in [1.29, 1.82) is 0 Å². The number of benzene rings is 1. The Hall–Kier alpha value is -2.67. The summed E-state index contributed by atoms with van der Waals surface area (Å²) in [5, 5.41) is 13.3. The number of alkyl halides is 3. The van der Waals surface area contributed by atoms with E-state index in [0.29, 0.717) is 17.8 Å². The summed E-state index contributed by atoms with van der Waals surface area (Å²) in [6.45, 7) is 0.400. The van der Waals surface area contributed by atoms with Gasteiger partial charge in [-0.2, -0.15) is 18.3 Å². The fourth-order valence-electron chi connectivity index (χ4n) is 2.31. The molecule has 3 aromatic rings. The molecule has 3 rings (SSSR count). The van der Waals surface area contributed by atoms with Gasteiger partial charge in [0.2, 0.25) is 0 Å². The van der Waals surface area contributed by atoms with Gasteiger partial charge in [0.15, 0.2) is 0 Å². The van der Waals surface area contributed by atoms with Gasteiger partial charge in [0, 0.05) is 23.5 Å². The zero-order valence-corrected chi connectivity index (χ0v) is 12.5. The van der Waals surface area contributed by atoms with Crippen LogP contribution in [0.5, 0.6) is 0 Å². The first-order chi connectivity index (χ1) is 11.5. The Balaban J connectivity index is 1.89. The minimum absolute atomic E-state index is 0.00334. The Labute approximate surface area is 136 Å². The van der Waals surface area contributed by atoms with Gasteiger partial charge in [0.25, 0.3) is 0 Å². The molecule has 1 aromatic carbocycles. The Morgan fingerprint density at radius 2 is 1.75 bits per heavy atom. The summed E-state index contributed by atoms with van der Waals surface area (Å²) in [6.07, 6.45) is -1.81. The molecule has 0 amide bonds. The molecule has 1 N–H and O–H groups in total. The molecule has 0 fully saturated rings. The van der Waals surface area contributed by atoms with Gasteiger partial charge in [0.05, 0.1) is 30.1 Å². The lowest BCUT2D eigenvalue weighted by Gasteiger charge is -2.07. The molecular weight excluding hydrogens is 319 g/mol. The fraction of sp³-hybridized carbons (Fsp3) is 0.176. The van der Waals surface area contributed by atoms with Crippen LogP contribution in [0.3, 0.4) is 0 Å². The molecule has 2 aromatic heterocycles. The van der Waals surface area contributed by atoms with Crippen molar-refractivity contribution in [1.82, 2.24) is 14.8 Å². The third kappa shape index (κ3) is 3.46. The number of rotatable bonds is 4. The van der Waals surface area contributed by atoms with E-state index >= 15 is 0 Å². The fourth-order valence-corrected chi connectivity index (χ4v) is 2.31. The van der Waals surface area contributed by atoms with Gasteiger partial charge >= 0.3 is 6.18 Å². The molecule has 24 heavy (non-hydrogen) atoms. The molecule has 7 heteroatoms. The van der Waals surface area contributed by atoms with Crippen molar-refractivity contribution in [2.75, 3.05) is 6.61 Å². The van der Waals surface area contributed by atoms with Crippen LogP contribution in [0.1, 0.15) is 5.56 Å². The quantitative estimate of drug-likeness (QED) is 0.793. The first kappa shape index (κ1) is 16.2. The molecule has 0 unspecified atom stereocenters. The van der Waals surface area contributed by atoms with Crippen molar-refractivity contribution in [2.24, 2.45) is 0 Å². The first-order valence-corrected chi connectivity index (χ1v) is 7.26. The number of aliphatic hydroxyl groups excluding tert-OH is 1. The molecule has 0 radical (unpaired) electrons. The highest BCUT2D eigenvalue weighted by molar-refractivity contribution is 5.69. The van der Waals surface area contributed by atoms with Crippen molar-refractivity contribution in [2.45, 2.75) is 12.7 Å². The Bertz CT molecular complexity index is 826. The summed E-state index contributed by atoms with van der Waals surface area (Å²) >= 11 is 0. The van der Waals surface area contributed by atoms with Gasteiger partial charge in [-0.1, -0.05) is 18.2 Å². The van der Waals surface area contributed by atoms with Crippen LogP contribution in [0.2, 0.25) is 0 Å². The molecular formula is C17H14F3N3O. The molecule has 0 aliphatic heterocycles.